The monoisotopic (exact) mass is 408 g/mol. The number of aryl methyl sites for hydroxylation is 1. The minimum atomic E-state index is -0.343. The molecule has 30 heavy (non-hydrogen) atoms. The van der Waals surface area contributed by atoms with Gasteiger partial charge in [-0.2, -0.15) is 0 Å². The van der Waals surface area contributed by atoms with E-state index in [0.29, 0.717) is 0 Å². The third-order valence-electron chi connectivity index (χ3n) is 5.89. The van der Waals surface area contributed by atoms with E-state index >= 15 is 0 Å². The zero-order valence-electron chi connectivity index (χ0n) is 17.4. The van der Waals surface area contributed by atoms with Gasteiger partial charge in [-0.15, -0.1) is 0 Å². The van der Waals surface area contributed by atoms with Crippen LogP contribution in [0, 0.1) is 10.1 Å². The number of rotatable bonds is 8. The first kappa shape index (κ1) is 20.2. The first-order valence-corrected chi connectivity index (χ1v) is 10.5. The van der Waals surface area contributed by atoms with Crippen LogP contribution in [-0.2, 0) is 6.54 Å². The molecule has 0 atom stereocenters. The molecule has 0 aliphatic carbocycles. The molecule has 0 bridgehead atoms. The summed E-state index contributed by atoms with van der Waals surface area (Å²) in [6.07, 6.45) is 4.26. The summed E-state index contributed by atoms with van der Waals surface area (Å²) in [6, 6.07) is 15.3. The number of nitrogens with zero attached hydrogens (tertiary/aromatic N) is 4. The van der Waals surface area contributed by atoms with E-state index < -0.39 is 0 Å². The van der Waals surface area contributed by atoms with Crippen LogP contribution in [0.4, 0.5) is 11.4 Å². The predicted molar refractivity (Wildman–Crippen MR) is 119 cm³/mol. The van der Waals surface area contributed by atoms with Gasteiger partial charge in [0.2, 0.25) is 0 Å². The molecule has 3 aromatic rings. The van der Waals surface area contributed by atoms with Gasteiger partial charge >= 0.3 is 0 Å². The highest BCUT2D eigenvalue weighted by Gasteiger charge is 2.19. The number of ether oxygens (including phenoxy) is 1. The lowest BCUT2D eigenvalue weighted by molar-refractivity contribution is -0.384. The minimum absolute atomic E-state index is 0.146. The summed E-state index contributed by atoms with van der Waals surface area (Å²) in [5.41, 5.74) is 2.39. The van der Waals surface area contributed by atoms with Crippen molar-refractivity contribution in [1.82, 2.24) is 9.47 Å². The van der Waals surface area contributed by atoms with Crippen molar-refractivity contribution in [3.05, 3.63) is 64.8 Å². The third kappa shape index (κ3) is 4.41. The number of aromatic nitrogens is 1. The molecule has 2 aromatic carbocycles. The van der Waals surface area contributed by atoms with Gasteiger partial charge in [-0.1, -0.05) is 12.1 Å². The molecule has 1 aliphatic rings. The Balaban J connectivity index is 1.23. The van der Waals surface area contributed by atoms with Crippen molar-refractivity contribution in [2.45, 2.75) is 19.4 Å². The Morgan fingerprint density at radius 1 is 1.00 bits per heavy atom. The number of para-hydroxylation sites is 2. The summed E-state index contributed by atoms with van der Waals surface area (Å²) in [7, 11) is 1.73. The summed E-state index contributed by atoms with van der Waals surface area (Å²) >= 11 is 0. The fraction of sp³-hybridized carbons (Fsp3) is 0.391. The summed E-state index contributed by atoms with van der Waals surface area (Å²) in [4.78, 5) is 15.5. The van der Waals surface area contributed by atoms with Gasteiger partial charge < -0.3 is 14.2 Å². The van der Waals surface area contributed by atoms with Gasteiger partial charge in [0, 0.05) is 62.0 Å². The van der Waals surface area contributed by atoms with E-state index in [1.807, 2.05) is 30.5 Å². The van der Waals surface area contributed by atoms with Gasteiger partial charge in [-0.05, 0) is 43.7 Å². The van der Waals surface area contributed by atoms with Crippen LogP contribution in [0.15, 0.2) is 54.7 Å². The summed E-state index contributed by atoms with van der Waals surface area (Å²) in [5.74, 6) is 0.940. The van der Waals surface area contributed by atoms with E-state index in [4.69, 9.17) is 4.74 Å². The summed E-state index contributed by atoms with van der Waals surface area (Å²) in [6.45, 7) is 6.19. The van der Waals surface area contributed by atoms with Crippen LogP contribution in [0.3, 0.4) is 0 Å². The highest BCUT2D eigenvalue weighted by molar-refractivity contribution is 5.82. The van der Waals surface area contributed by atoms with Crippen molar-refractivity contribution >= 4 is 22.3 Å². The summed E-state index contributed by atoms with van der Waals surface area (Å²) in [5, 5.41) is 11.9. The number of piperazine rings is 1. The number of nitro groups is 1. The normalized spacial score (nSPS) is 14.9. The molecule has 0 N–H and O–H groups in total. The van der Waals surface area contributed by atoms with Gasteiger partial charge in [0.15, 0.2) is 0 Å². The highest BCUT2D eigenvalue weighted by Crippen LogP contribution is 2.28. The molecule has 1 aromatic heterocycles. The second-order valence-corrected chi connectivity index (χ2v) is 7.72. The van der Waals surface area contributed by atoms with Crippen molar-refractivity contribution in [3.63, 3.8) is 0 Å². The maximum Gasteiger partial charge on any atom is 0.270 e. The average molecular weight is 409 g/mol. The fourth-order valence-electron chi connectivity index (χ4n) is 4.22. The lowest BCUT2D eigenvalue weighted by Crippen LogP contribution is -2.46. The molecule has 0 spiro atoms. The lowest BCUT2D eigenvalue weighted by atomic mass is 10.2. The third-order valence-corrected chi connectivity index (χ3v) is 5.89. The largest absolute Gasteiger partial charge is 0.495 e. The van der Waals surface area contributed by atoms with Crippen LogP contribution in [-0.4, -0.2) is 54.2 Å². The Hall–Kier alpha value is -3.06. The van der Waals surface area contributed by atoms with E-state index in [0.717, 1.165) is 68.8 Å². The van der Waals surface area contributed by atoms with Gasteiger partial charge in [0.05, 0.1) is 17.7 Å². The molecular formula is C23H28N4O3. The number of hydrogen-bond acceptors (Lipinski definition) is 5. The molecule has 158 valence electrons. The second kappa shape index (κ2) is 9.17. The highest BCUT2D eigenvalue weighted by atomic mass is 16.6. The number of benzene rings is 2. The predicted octanol–water partition coefficient (Wildman–Crippen LogP) is 4.16. The topological polar surface area (TPSA) is 63.8 Å². The van der Waals surface area contributed by atoms with Crippen LogP contribution in [0.25, 0.3) is 10.9 Å². The fourth-order valence-corrected chi connectivity index (χ4v) is 4.22. The molecule has 7 heteroatoms. The smallest absolute Gasteiger partial charge is 0.270 e. The summed E-state index contributed by atoms with van der Waals surface area (Å²) < 4.78 is 7.69. The van der Waals surface area contributed by atoms with Crippen LogP contribution in [0.5, 0.6) is 5.75 Å². The molecule has 1 fully saturated rings. The SMILES string of the molecule is COc1ccccc1N1CCN(CCCCn2ccc3cc([N+](=O)[O-])ccc32)CC1. The van der Waals surface area contributed by atoms with E-state index in [9.17, 15) is 10.1 Å². The molecular weight excluding hydrogens is 380 g/mol. The van der Waals surface area contributed by atoms with Crippen LogP contribution < -0.4 is 9.64 Å². The maximum absolute atomic E-state index is 10.9. The number of unbranched alkanes of at least 4 members (excludes halogenated alkanes) is 1. The molecule has 4 rings (SSSR count). The number of hydrogen-bond donors (Lipinski definition) is 0. The van der Waals surface area contributed by atoms with Gasteiger partial charge in [0.25, 0.3) is 5.69 Å². The molecule has 0 saturated carbocycles. The molecule has 1 aliphatic heterocycles. The maximum atomic E-state index is 10.9. The molecule has 7 nitrogen and oxygen atoms in total. The number of non-ortho nitro benzene ring substituents is 1. The van der Waals surface area contributed by atoms with E-state index in [1.165, 1.54) is 5.69 Å². The lowest BCUT2D eigenvalue weighted by Gasteiger charge is -2.36. The van der Waals surface area contributed by atoms with Crippen LogP contribution >= 0.6 is 0 Å². The Labute approximate surface area is 176 Å². The zero-order valence-corrected chi connectivity index (χ0v) is 17.4. The van der Waals surface area contributed by atoms with E-state index in [-0.39, 0.29) is 10.6 Å². The Kier molecular flexibility index (Phi) is 6.18. The Morgan fingerprint density at radius 3 is 2.53 bits per heavy atom. The average Bonchev–Trinajstić information content (AvgIpc) is 3.19. The van der Waals surface area contributed by atoms with Crippen LogP contribution in [0.2, 0.25) is 0 Å². The van der Waals surface area contributed by atoms with Crippen molar-refractivity contribution in [2.24, 2.45) is 0 Å². The van der Waals surface area contributed by atoms with Gasteiger partial charge in [0.1, 0.15) is 5.75 Å². The Bertz CT molecular complexity index is 1010. The number of nitro benzene ring substituents is 1. The molecule has 1 saturated heterocycles. The molecule has 2 heterocycles. The van der Waals surface area contributed by atoms with Gasteiger partial charge in [-0.3, -0.25) is 15.0 Å². The van der Waals surface area contributed by atoms with E-state index in [2.05, 4.69) is 26.5 Å². The minimum Gasteiger partial charge on any atom is -0.495 e. The quantitative estimate of drug-likeness (QED) is 0.318. The molecule has 0 amide bonds. The number of fused-ring (bicyclic) bond motifs is 1. The van der Waals surface area contributed by atoms with Crippen molar-refractivity contribution in [1.29, 1.82) is 0 Å². The standard InChI is InChI=1S/C23H28N4O3/c1-30-23-7-3-2-6-22(23)26-16-14-24(15-17-26)11-4-5-12-25-13-10-19-18-20(27(28)29)8-9-21(19)25/h2-3,6-10,13,18H,4-5,11-12,14-17H2,1H3. The van der Waals surface area contributed by atoms with Crippen LogP contribution in [0.1, 0.15) is 12.8 Å². The first-order valence-electron chi connectivity index (χ1n) is 10.5. The number of anilines is 1. The molecule has 0 unspecified atom stereocenters. The zero-order chi connectivity index (χ0) is 20.9. The van der Waals surface area contributed by atoms with Crippen molar-refractivity contribution in [2.75, 3.05) is 44.7 Å². The number of methoxy groups -OCH3 is 1. The Morgan fingerprint density at radius 2 is 1.77 bits per heavy atom. The van der Waals surface area contributed by atoms with Crippen molar-refractivity contribution < 1.29 is 9.66 Å². The molecule has 0 radical (unpaired) electrons. The second-order valence-electron chi connectivity index (χ2n) is 7.72. The first-order chi connectivity index (χ1) is 14.7. The van der Waals surface area contributed by atoms with E-state index in [1.54, 1.807) is 19.2 Å². The van der Waals surface area contributed by atoms with Gasteiger partial charge in [-0.25, -0.2) is 0 Å². The van der Waals surface area contributed by atoms with Crippen molar-refractivity contribution in [3.8, 4) is 5.75 Å².